The fourth-order valence-electron chi connectivity index (χ4n) is 3.98. The summed E-state index contributed by atoms with van der Waals surface area (Å²) in [5.41, 5.74) is 1.18. The molecule has 3 nitrogen and oxygen atoms in total. The van der Waals surface area contributed by atoms with Crippen molar-refractivity contribution < 1.29 is 13.7 Å². The molecule has 0 aliphatic heterocycles. The standard InChI is InChI=1S/C21H34O3SSi/c1-6-24-21(22)19-10-8-7-9-18(19)20(15-26(3,4)5)25(23)17-13-11-16(2)12-14-17/h11-14,18-20H,6-10,15H2,1-5H3. The van der Waals surface area contributed by atoms with Crippen LogP contribution < -0.4 is 0 Å². The van der Waals surface area contributed by atoms with Crippen molar-refractivity contribution in [3.8, 4) is 0 Å². The number of carbonyl (C=O) groups excluding carboxylic acids is 1. The smallest absolute Gasteiger partial charge is 0.309 e. The van der Waals surface area contributed by atoms with Crippen molar-refractivity contribution in [2.45, 2.75) is 75.4 Å². The Morgan fingerprint density at radius 2 is 1.81 bits per heavy atom. The van der Waals surface area contributed by atoms with Crippen molar-refractivity contribution >= 4 is 24.8 Å². The Kier molecular flexibility index (Phi) is 7.65. The Labute approximate surface area is 162 Å². The lowest BCUT2D eigenvalue weighted by Crippen LogP contribution is -2.42. The van der Waals surface area contributed by atoms with Gasteiger partial charge in [0.2, 0.25) is 0 Å². The second kappa shape index (κ2) is 9.31. The predicted octanol–water partition coefficient (Wildman–Crippen LogP) is 5.18. The molecule has 1 aliphatic rings. The quantitative estimate of drug-likeness (QED) is 0.473. The summed E-state index contributed by atoms with van der Waals surface area (Å²) in [6, 6.07) is 9.02. The van der Waals surface area contributed by atoms with E-state index >= 15 is 0 Å². The fourth-order valence-corrected chi connectivity index (χ4v) is 9.00. The summed E-state index contributed by atoms with van der Waals surface area (Å²) in [4.78, 5) is 13.5. The van der Waals surface area contributed by atoms with Gasteiger partial charge in [-0.1, -0.05) is 50.2 Å². The number of aryl methyl sites for hydroxylation is 1. The predicted molar refractivity (Wildman–Crippen MR) is 112 cm³/mol. The molecule has 0 N–H and O–H groups in total. The molecule has 146 valence electrons. The van der Waals surface area contributed by atoms with Crippen molar-refractivity contribution in [2.75, 3.05) is 6.61 Å². The van der Waals surface area contributed by atoms with Crippen LogP contribution in [0.15, 0.2) is 29.2 Å². The molecule has 1 aromatic carbocycles. The van der Waals surface area contributed by atoms with E-state index in [0.29, 0.717) is 6.61 Å². The molecular formula is C21H34O3SSi. The summed E-state index contributed by atoms with van der Waals surface area (Å²) in [7, 11) is -2.53. The fraction of sp³-hybridized carbons (Fsp3) is 0.667. The molecule has 0 aromatic heterocycles. The van der Waals surface area contributed by atoms with Crippen LogP contribution in [0.4, 0.5) is 0 Å². The Morgan fingerprint density at radius 3 is 2.38 bits per heavy atom. The third-order valence-electron chi connectivity index (χ3n) is 5.23. The zero-order chi connectivity index (χ0) is 19.3. The number of esters is 1. The maximum atomic E-state index is 13.5. The van der Waals surface area contributed by atoms with Gasteiger partial charge in [-0.25, -0.2) is 0 Å². The summed E-state index contributed by atoms with van der Waals surface area (Å²) in [5, 5.41) is 0.0408. The number of hydrogen-bond donors (Lipinski definition) is 0. The summed E-state index contributed by atoms with van der Waals surface area (Å²) in [6.07, 6.45) is 4.04. The molecule has 0 bridgehead atoms. The Balaban J connectivity index is 2.33. The summed E-state index contributed by atoms with van der Waals surface area (Å²) in [6.45, 7) is 11.3. The first-order valence-electron chi connectivity index (χ1n) is 9.87. The average Bonchev–Trinajstić information content (AvgIpc) is 2.59. The molecule has 1 aromatic rings. The van der Waals surface area contributed by atoms with Gasteiger partial charge in [0.25, 0.3) is 0 Å². The third-order valence-corrected chi connectivity index (χ3v) is 8.99. The van der Waals surface area contributed by atoms with Gasteiger partial charge >= 0.3 is 5.97 Å². The molecule has 26 heavy (non-hydrogen) atoms. The highest BCUT2D eigenvalue weighted by Crippen LogP contribution is 2.39. The molecule has 4 unspecified atom stereocenters. The monoisotopic (exact) mass is 394 g/mol. The van der Waals surface area contributed by atoms with Gasteiger partial charge in [-0.15, -0.1) is 0 Å². The Morgan fingerprint density at radius 1 is 1.19 bits per heavy atom. The van der Waals surface area contributed by atoms with Crippen LogP contribution in [0, 0.1) is 18.8 Å². The van der Waals surface area contributed by atoms with Gasteiger partial charge in [0.1, 0.15) is 0 Å². The topological polar surface area (TPSA) is 43.4 Å². The van der Waals surface area contributed by atoms with E-state index in [0.717, 1.165) is 36.6 Å². The molecule has 0 saturated heterocycles. The molecule has 0 amide bonds. The lowest BCUT2D eigenvalue weighted by Gasteiger charge is -2.37. The van der Waals surface area contributed by atoms with E-state index in [2.05, 4.69) is 19.6 Å². The number of hydrogen-bond acceptors (Lipinski definition) is 3. The van der Waals surface area contributed by atoms with E-state index in [4.69, 9.17) is 4.74 Å². The van der Waals surface area contributed by atoms with Crippen LogP contribution in [0.3, 0.4) is 0 Å². The maximum Gasteiger partial charge on any atom is 0.309 e. The van der Waals surface area contributed by atoms with Crippen molar-refractivity contribution in [1.29, 1.82) is 0 Å². The van der Waals surface area contributed by atoms with Crippen molar-refractivity contribution in [3.05, 3.63) is 29.8 Å². The van der Waals surface area contributed by atoms with Gasteiger partial charge in [0, 0.05) is 18.2 Å². The van der Waals surface area contributed by atoms with Gasteiger partial charge in [0.15, 0.2) is 0 Å². The molecule has 0 spiro atoms. The SMILES string of the molecule is CCOC(=O)C1CCCCC1C(C[Si](C)(C)C)S(=O)c1ccc(C)cc1. The average molecular weight is 395 g/mol. The van der Waals surface area contributed by atoms with Crippen LogP contribution in [-0.4, -0.2) is 30.1 Å². The largest absolute Gasteiger partial charge is 0.466 e. The number of ether oxygens (including phenoxy) is 1. The van der Waals surface area contributed by atoms with E-state index in [9.17, 15) is 9.00 Å². The van der Waals surface area contributed by atoms with E-state index in [1.165, 1.54) is 5.56 Å². The van der Waals surface area contributed by atoms with Crippen LogP contribution in [0.5, 0.6) is 0 Å². The van der Waals surface area contributed by atoms with Crippen LogP contribution in [0.25, 0.3) is 0 Å². The molecule has 5 heteroatoms. The first kappa shape index (κ1) is 21.4. The summed E-state index contributed by atoms with van der Waals surface area (Å²) < 4.78 is 18.9. The highest BCUT2D eigenvalue weighted by molar-refractivity contribution is 7.85. The molecule has 1 fully saturated rings. The summed E-state index contributed by atoms with van der Waals surface area (Å²) >= 11 is 0. The van der Waals surface area contributed by atoms with Crippen LogP contribution in [0.2, 0.25) is 25.7 Å². The van der Waals surface area contributed by atoms with Gasteiger partial charge in [-0.05, 0) is 50.8 Å². The molecule has 1 aliphatic carbocycles. The first-order chi connectivity index (χ1) is 12.2. The summed E-state index contributed by atoms with van der Waals surface area (Å²) in [5.74, 6) is -0.0187. The minimum absolute atomic E-state index is 0.0408. The van der Waals surface area contributed by atoms with Gasteiger partial charge < -0.3 is 4.74 Å². The minimum atomic E-state index is -1.44. The third kappa shape index (κ3) is 5.78. The lowest BCUT2D eigenvalue weighted by atomic mass is 9.77. The second-order valence-electron chi connectivity index (χ2n) is 8.72. The molecule has 1 saturated carbocycles. The van der Waals surface area contributed by atoms with Crippen molar-refractivity contribution in [3.63, 3.8) is 0 Å². The van der Waals surface area contributed by atoms with E-state index in [1.807, 2.05) is 38.1 Å². The van der Waals surface area contributed by atoms with E-state index < -0.39 is 18.9 Å². The Bertz CT molecular complexity index is 621. The van der Waals surface area contributed by atoms with Crippen LogP contribution >= 0.6 is 0 Å². The zero-order valence-electron chi connectivity index (χ0n) is 16.9. The number of rotatable bonds is 7. The maximum absolute atomic E-state index is 13.5. The number of carbonyl (C=O) groups is 1. The van der Waals surface area contributed by atoms with E-state index in [1.54, 1.807) is 0 Å². The normalized spacial score (nSPS) is 23.3. The molecule has 4 atom stereocenters. The number of benzene rings is 1. The highest BCUT2D eigenvalue weighted by Gasteiger charge is 2.41. The van der Waals surface area contributed by atoms with Gasteiger partial charge in [0.05, 0.1) is 23.3 Å². The zero-order valence-corrected chi connectivity index (χ0v) is 18.7. The first-order valence-corrected chi connectivity index (χ1v) is 14.8. The van der Waals surface area contributed by atoms with Crippen LogP contribution in [-0.2, 0) is 20.3 Å². The van der Waals surface area contributed by atoms with Crippen molar-refractivity contribution in [1.82, 2.24) is 0 Å². The van der Waals surface area contributed by atoms with E-state index in [-0.39, 0.29) is 23.1 Å². The minimum Gasteiger partial charge on any atom is -0.466 e. The van der Waals surface area contributed by atoms with Gasteiger partial charge in [-0.3, -0.25) is 9.00 Å². The van der Waals surface area contributed by atoms with Crippen LogP contribution in [0.1, 0.15) is 38.2 Å². The van der Waals surface area contributed by atoms with Gasteiger partial charge in [-0.2, -0.15) is 0 Å². The molecular weight excluding hydrogens is 360 g/mol. The molecule has 0 heterocycles. The second-order valence-corrected chi connectivity index (χ2v) is 15.9. The molecule has 0 radical (unpaired) electrons. The lowest BCUT2D eigenvalue weighted by molar-refractivity contribution is -0.151. The van der Waals surface area contributed by atoms with Crippen molar-refractivity contribution in [2.24, 2.45) is 11.8 Å². The molecule has 2 rings (SSSR count). The highest BCUT2D eigenvalue weighted by atomic mass is 32.2. The Hall–Kier alpha value is -0.943.